The number of hydrogen-bond donors (Lipinski definition) is 3. The Morgan fingerprint density at radius 1 is 1.64 bits per heavy atom. The quantitative estimate of drug-likeness (QED) is 0.526. The van der Waals surface area contributed by atoms with Crippen LogP contribution in [-0.4, -0.2) is 30.3 Å². The third-order valence-electron chi connectivity index (χ3n) is 2.73. The molecule has 0 aromatic rings. The van der Waals surface area contributed by atoms with Gasteiger partial charge < -0.3 is 16.2 Å². The summed E-state index contributed by atoms with van der Waals surface area (Å²) in [6.45, 7) is 4.50. The molecule has 11 heavy (non-hydrogen) atoms. The van der Waals surface area contributed by atoms with Crippen molar-refractivity contribution in [1.82, 2.24) is 5.32 Å². The molecule has 4 N–H and O–H groups in total. The summed E-state index contributed by atoms with van der Waals surface area (Å²) in [7, 11) is 0. The molecule has 0 aromatic heterocycles. The molecule has 0 radical (unpaired) electrons. The molecule has 1 aliphatic rings. The second-order valence-corrected chi connectivity index (χ2v) is 3.35. The van der Waals surface area contributed by atoms with Crippen LogP contribution in [0.4, 0.5) is 0 Å². The summed E-state index contributed by atoms with van der Waals surface area (Å²) in [6, 6.07) is 0. The molecule has 1 saturated heterocycles. The van der Waals surface area contributed by atoms with Gasteiger partial charge in [-0.15, -0.1) is 0 Å². The van der Waals surface area contributed by atoms with Crippen molar-refractivity contribution >= 4 is 0 Å². The van der Waals surface area contributed by atoms with Gasteiger partial charge in [-0.2, -0.15) is 0 Å². The molecular weight excluding hydrogens is 140 g/mol. The van der Waals surface area contributed by atoms with Gasteiger partial charge in [0.25, 0.3) is 0 Å². The van der Waals surface area contributed by atoms with Crippen molar-refractivity contribution < 1.29 is 5.11 Å². The van der Waals surface area contributed by atoms with Crippen molar-refractivity contribution in [3.63, 3.8) is 0 Å². The fraction of sp³-hybridized carbons (Fsp3) is 1.00. The van der Waals surface area contributed by atoms with E-state index in [1.165, 1.54) is 0 Å². The monoisotopic (exact) mass is 158 g/mol. The van der Waals surface area contributed by atoms with Gasteiger partial charge in [-0.1, -0.05) is 6.92 Å². The zero-order valence-electron chi connectivity index (χ0n) is 7.14. The minimum Gasteiger partial charge on any atom is -0.389 e. The first-order valence-corrected chi connectivity index (χ1v) is 4.36. The Balaban J connectivity index is 2.43. The van der Waals surface area contributed by atoms with Crippen LogP contribution in [0.3, 0.4) is 0 Å². The van der Waals surface area contributed by atoms with Crippen molar-refractivity contribution in [3.05, 3.63) is 0 Å². The van der Waals surface area contributed by atoms with Crippen LogP contribution in [0, 0.1) is 5.92 Å². The largest absolute Gasteiger partial charge is 0.389 e. The average molecular weight is 158 g/mol. The third kappa shape index (κ3) is 1.72. The van der Waals surface area contributed by atoms with Gasteiger partial charge in [0.05, 0.1) is 5.60 Å². The van der Waals surface area contributed by atoms with Gasteiger partial charge in [-0.25, -0.2) is 0 Å². The van der Waals surface area contributed by atoms with E-state index in [2.05, 4.69) is 5.32 Å². The Bertz CT molecular complexity index is 125. The molecular formula is C8H18N2O. The van der Waals surface area contributed by atoms with Crippen LogP contribution in [0.15, 0.2) is 0 Å². The molecule has 1 atom stereocenters. The Labute approximate surface area is 68.0 Å². The molecule has 1 fully saturated rings. The highest BCUT2D eigenvalue weighted by atomic mass is 16.3. The summed E-state index contributed by atoms with van der Waals surface area (Å²) in [4.78, 5) is 0. The zero-order chi connectivity index (χ0) is 8.32. The highest BCUT2D eigenvalue weighted by Gasteiger charge is 2.37. The molecule has 0 aliphatic carbocycles. The Hall–Kier alpha value is -0.120. The minimum atomic E-state index is -0.500. The SMILES string of the molecule is CCC(O)(CCN)C1CNC1. The van der Waals surface area contributed by atoms with E-state index in [1.54, 1.807) is 0 Å². The van der Waals surface area contributed by atoms with Gasteiger partial charge in [0.2, 0.25) is 0 Å². The van der Waals surface area contributed by atoms with Crippen molar-refractivity contribution in [2.45, 2.75) is 25.4 Å². The van der Waals surface area contributed by atoms with E-state index in [1.807, 2.05) is 6.92 Å². The van der Waals surface area contributed by atoms with E-state index < -0.39 is 5.60 Å². The lowest BCUT2D eigenvalue weighted by Gasteiger charge is -2.41. The standard InChI is InChI=1S/C8H18N2O/c1-2-8(11,3-4-9)7-5-10-6-7/h7,10-11H,2-6,9H2,1H3. The molecule has 3 heteroatoms. The van der Waals surface area contributed by atoms with E-state index in [0.29, 0.717) is 12.5 Å². The van der Waals surface area contributed by atoms with E-state index in [-0.39, 0.29) is 0 Å². The second-order valence-electron chi connectivity index (χ2n) is 3.35. The van der Waals surface area contributed by atoms with Gasteiger partial charge in [-0.3, -0.25) is 0 Å². The van der Waals surface area contributed by atoms with Gasteiger partial charge in [0.15, 0.2) is 0 Å². The summed E-state index contributed by atoms with van der Waals surface area (Å²) in [5.74, 6) is 0.427. The summed E-state index contributed by atoms with van der Waals surface area (Å²) >= 11 is 0. The highest BCUT2D eigenvalue weighted by Crippen LogP contribution is 2.27. The van der Waals surface area contributed by atoms with Crippen molar-refractivity contribution in [2.24, 2.45) is 11.7 Å². The maximum absolute atomic E-state index is 10.0. The third-order valence-corrected chi connectivity index (χ3v) is 2.73. The molecule has 1 aliphatic heterocycles. The molecule has 0 bridgehead atoms. The minimum absolute atomic E-state index is 0.427. The van der Waals surface area contributed by atoms with Crippen LogP contribution in [0.1, 0.15) is 19.8 Å². The summed E-state index contributed by atoms with van der Waals surface area (Å²) < 4.78 is 0. The van der Waals surface area contributed by atoms with Crippen LogP contribution in [0.25, 0.3) is 0 Å². The first-order valence-electron chi connectivity index (χ1n) is 4.36. The van der Waals surface area contributed by atoms with Gasteiger partial charge in [0.1, 0.15) is 0 Å². The van der Waals surface area contributed by atoms with E-state index in [4.69, 9.17) is 5.73 Å². The van der Waals surface area contributed by atoms with Crippen LogP contribution in [0.5, 0.6) is 0 Å². The lowest BCUT2D eigenvalue weighted by Crippen LogP contribution is -2.56. The number of aliphatic hydroxyl groups is 1. The van der Waals surface area contributed by atoms with E-state index in [9.17, 15) is 5.11 Å². The fourth-order valence-corrected chi connectivity index (χ4v) is 1.59. The lowest BCUT2D eigenvalue weighted by molar-refractivity contribution is -0.0469. The lowest BCUT2D eigenvalue weighted by atomic mass is 9.79. The second kappa shape index (κ2) is 3.52. The van der Waals surface area contributed by atoms with Gasteiger partial charge >= 0.3 is 0 Å². The van der Waals surface area contributed by atoms with Gasteiger partial charge in [0, 0.05) is 19.0 Å². The Morgan fingerprint density at radius 2 is 2.27 bits per heavy atom. The van der Waals surface area contributed by atoms with E-state index >= 15 is 0 Å². The molecule has 0 aromatic carbocycles. The summed E-state index contributed by atoms with van der Waals surface area (Å²) in [6.07, 6.45) is 1.55. The van der Waals surface area contributed by atoms with Crippen molar-refractivity contribution in [2.75, 3.05) is 19.6 Å². The Kier molecular flexibility index (Phi) is 2.87. The fourth-order valence-electron chi connectivity index (χ4n) is 1.59. The Morgan fingerprint density at radius 3 is 2.55 bits per heavy atom. The van der Waals surface area contributed by atoms with Crippen LogP contribution < -0.4 is 11.1 Å². The molecule has 0 amide bonds. The highest BCUT2D eigenvalue weighted by molar-refractivity contribution is 4.93. The number of rotatable bonds is 4. The van der Waals surface area contributed by atoms with Crippen molar-refractivity contribution in [1.29, 1.82) is 0 Å². The molecule has 1 heterocycles. The van der Waals surface area contributed by atoms with E-state index in [0.717, 1.165) is 25.9 Å². The van der Waals surface area contributed by atoms with Gasteiger partial charge in [-0.05, 0) is 19.4 Å². The number of hydrogen-bond acceptors (Lipinski definition) is 3. The zero-order valence-corrected chi connectivity index (χ0v) is 7.14. The first kappa shape index (κ1) is 8.97. The smallest absolute Gasteiger partial charge is 0.0709 e. The normalized spacial score (nSPS) is 24.3. The molecule has 0 saturated carbocycles. The predicted octanol–water partition coefficient (Wildman–Crippen LogP) is -0.304. The number of nitrogens with two attached hydrogens (primary N) is 1. The number of nitrogens with one attached hydrogen (secondary N) is 1. The predicted molar refractivity (Wildman–Crippen MR) is 45.3 cm³/mol. The average Bonchev–Trinajstić information content (AvgIpc) is 1.84. The molecule has 3 nitrogen and oxygen atoms in total. The maximum Gasteiger partial charge on any atom is 0.0709 e. The van der Waals surface area contributed by atoms with Crippen molar-refractivity contribution in [3.8, 4) is 0 Å². The van der Waals surface area contributed by atoms with Crippen LogP contribution in [-0.2, 0) is 0 Å². The summed E-state index contributed by atoms with van der Waals surface area (Å²) in [5, 5.41) is 13.2. The van der Waals surface area contributed by atoms with Crippen LogP contribution in [0.2, 0.25) is 0 Å². The summed E-state index contributed by atoms with van der Waals surface area (Å²) in [5.41, 5.74) is 4.93. The maximum atomic E-state index is 10.0. The topological polar surface area (TPSA) is 58.3 Å². The molecule has 66 valence electrons. The van der Waals surface area contributed by atoms with Crippen LogP contribution >= 0.6 is 0 Å². The molecule has 1 unspecified atom stereocenters. The molecule has 0 spiro atoms. The first-order chi connectivity index (χ1) is 5.23. The molecule has 1 rings (SSSR count).